The monoisotopic (exact) mass is 354 g/mol. The molecule has 0 saturated heterocycles. The van der Waals surface area contributed by atoms with Crippen LogP contribution in [0, 0.1) is 6.92 Å². The molecule has 3 aromatic rings. The zero-order valence-corrected chi connectivity index (χ0v) is 15.0. The highest BCUT2D eigenvalue weighted by Gasteiger charge is 2.22. The van der Waals surface area contributed by atoms with Gasteiger partial charge >= 0.3 is 5.97 Å². The second kappa shape index (κ2) is 7.53. The summed E-state index contributed by atoms with van der Waals surface area (Å²) in [5.41, 5.74) is 3.06. The standard InChI is InChI=1S/C20H19ClN2O2/c1-3-25-20(24)18-14(2)22-19(16-10-7-11-17(21)12-16)23(18)13-15-8-5-4-6-9-15/h4-12H,3,13H2,1-2H3. The first-order valence-electron chi connectivity index (χ1n) is 8.14. The maximum atomic E-state index is 12.5. The van der Waals surface area contributed by atoms with Crippen LogP contribution in [0.25, 0.3) is 11.4 Å². The highest BCUT2D eigenvalue weighted by atomic mass is 35.5. The van der Waals surface area contributed by atoms with Crippen molar-refractivity contribution in [2.75, 3.05) is 6.61 Å². The van der Waals surface area contributed by atoms with Crippen LogP contribution in [0.1, 0.15) is 28.7 Å². The molecule has 0 amide bonds. The van der Waals surface area contributed by atoms with Gasteiger partial charge in [-0.1, -0.05) is 54.1 Å². The molecular weight excluding hydrogens is 336 g/mol. The van der Waals surface area contributed by atoms with Crippen molar-refractivity contribution in [1.29, 1.82) is 0 Å². The fourth-order valence-electron chi connectivity index (χ4n) is 2.80. The van der Waals surface area contributed by atoms with Crippen molar-refractivity contribution in [1.82, 2.24) is 9.55 Å². The third-order valence-electron chi connectivity index (χ3n) is 3.88. The Hall–Kier alpha value is -2.59. The van der Waals surface area contributed by atoms with Crippen LogP contribution in [0.3, 0.4) is 0 Å². The number of imidazole rings is 1. The van der Waals surface area contributed by atoms with Gasteiger partial charge in [-0.15, -0.1) is 0 Å². The number of rotatable bonds is 5. The van der Waals surface area contributed by atoms with Gasteiger partial charge in [0.2, 0.25) is 0 Å². The van der Waals surface area contributed by atoms with Gasteiger partial charge in [-0.25, -0.2) is 9.78 Å². The van der Waals surface area contributed by atoms with Crippen molar-refractivity contribution in [3.05, 3.63) is 76.6 Å². The van der Waals surface area contributed by atoms with Crippen LogP contribution in [-0.4, -0.2) is 22.1 Å². The van der Waals surface area contributed by atoms with E-state index in [0.717, 1.165) is 11.1 Å². The Balaban J connectivity index is 2.14. The first-order chi connectivity index (χ1) is 12.1. The molecule has 4 nitrogen and oxygen atoms in total. The fourth-order valence-corrected chi connectivity index (χ4v) is 2.99. The van der Waals surface area contributed by atoms with Gasteiger partial charge in [0, 0.05) is 17.1 Å². The lowest BCUT2D eigenvalue weighted by Crippen LogP contribution is -2.15. The zero-order valence-electron chi connectivity index (χ0n) is 14.2. The Morgan fingerprint density at radius 3 is 2.60 bits per heavy atom. The highest BCUT2D eigenvalue weighted by molar-refractivity contribution is 6.30. The zero-order chi connectivity index (χ0) is 17.8. The minimum Gasteiger partial charge on any atom is -0.461 e. The molecule has 0 aliphatic rings. The minimum absolute atomic E-state index is 0.321. The molecule has 0 saturated carbocycles. The number of halogens is 1. The van der Waals surface area contributed by atoms with E-state index in [-0.39, 0.29) is 5.97 Å². The SMILES string of the molecule is CCOC(=O)c1c(C)nc(-c2cccc(Cl)c2)n1Cc1ccccc1. The molecule has 25 heavy (non-hydrogen) atoms. The van der Waals surface area contributed by atoms with Gasteiger partial charge in [0.25, 0.3) is 0 Å². The second-order valence-corrected chi connectivity index (χ2v) is 6.11. The van der Waals surface area contributed by atoms with E-state index in [2.05, 4.69) is 4.98 Å². The van der Waals surface area contributed by atoms with Crippen molar-refractivity contribution in [3.8, 4) is 11.4 Å². The highest BCUT2D eigenvalue weighted by Crippen LogP contribution is 2.26. The van der Waals surface area contributed by atoms with E-state index in [4.69, 9.17) is 16.3 Å². The predicted octanol–water partition coefficient (Wildman–Crippen LogP) is 4.74. The largest absolute Gasteiger partial charge is 0.461 e. The second-order valence-electron chi connectivity index (χ2n) is 5.67. The average Bonchev–Trinajstić information content (AvgIpc) is 2.92. The van der Waals surface area contributed by atoms with E-state index in [1.54, 1.807) is 6.92 Å². The lowest BCUT2D eigenvalue weighted by Gasteiger charge is -2.12. The lowest BCUT2D eigenvalue weighted by atomic mass is 10.2. The van der Waals surface area contributed by atoms with Crippen LogP contribution in [0.5, 0.6) is 0 Å². The summed E-state index contributed by atoms with van der Waals surface area (Å²) in [6, 6.07) is 17.4. The van der Waals surface area contributed by atoms with Crippen molar-refractivity contribution in [2.24, 2.45) is 0 Å². The number of ether oxygens (including phenoxy) is 1. The molecule has 0 aliphatic heterocycles. The number of esters is 1. The molecule has 0 bridgehead atoms. The fraction of sp³-hybridized carbons (Fsp3) is 0.200. The minimum atomic E-state index is -0.364. The van der Waals surface area contributed by atoms with Gasteiger partial charge in [-0.05, 0) is 31.5 Å². The maximum absolute atomic E-state index is 12.5. The predicted molar refractivity (Wildman–Crippen MR) is 98.9 cm³/mol. The van der Waals surface area contributed by atoms with Gasteiger partial charge in [0.15, 0.2) is 5.69 Å². The third kappa shape index (κ3) is 3.74. The molecule has 0 unspecified atom stereocenters. The van der Waals surface area contributed by atoms with Crippen LogP contribution in [0.4, 0.5) is 0 Å². The number of aromatic nitrogens is 2. The third-order valence-corrected chi connectivity index (χ3v) is 4.11. The van der Waals surface area contributed by atoms with E-state index in [0.29, 0.717) is 35.4 Å². The molecule has 1 heterocycles. The summed E-state index contributed by atoms with van der Waals surface area (Å²) in [5, 5.41) is 0.627. The van der Waals surface area contributed by atoms with E-state index >= 15 is 0 Å². The molecule has 5 heteroatoms. The molecule has 0 atom stereocenters. The lowest BCUT2D eigenvalue weighted by molar-refractivity contribution is 0.0513. The molecule has 0 fully saturated rings. The molecule has 128 valence electrons. The molecular formula is C20H19ClN2O2. The molecule has 1 aromatic heterocycles. The Morgan fingerprint density at radius 1 is 1.16 bits per heavy atom. The van der Waals surface area contributed by atoms with Gasteiger partial charge < -0.3 is 9.30 Å². The van der Waals surface area contributed by atoms with E-state index in [1.807, 2.05) is 66.1 Å². The van der Waals surface area contributed by atoms with E-state index in [9.17, 15) is 4.79 Å². The number of aryl methyl sites for hydroxylation is 1. The summed E-state index contributed by atoms with van der Waals surface area (Å²) in [4.78, 5) is 17.1. The molecule has 3 rings (SSSR count). The summed E-state index contributed by atoms with van der Waals surface area (Å²) in [5.74, 6) is 0.337. The summed E-state index contributed by atoms with van der Waals surface area (Å²) in [7, 11) is 0. The molecule has 0 aliphatic carbocycles. The smallest absolute Gasteiger partial charge is 0.356 e. The van der Waals surface area contributed by atoms with Crippen LogP contribution in [-0.2, 0) is 11.3 Å². The Labute approximate surface area is 152 Å². The van der Waals surface area contributed by atoms with Crippen molar-refractivity contribution in [3.63, 3.8) is 0 Å². The molecule has 0 spiro atoms. The Morgan fingerprint density at radius 2 is 1.92 bits per heavy atom. The number of hydrogen-bond donors (Lipinski definition) is 0. The summed E-state index contributed by atoms with van der Waals surface area (Å²) >= 11 is 6.14. The molecule has 0 N–H and O–H groups in total. The summed E-state index contributed by atoms with van der Waals surface area (Å²) in [6.07, 6.45) is 0. The number of benzene rings is 2. The van der Waals surface area contributed by atoms with Crippen molar-refractivity contribution >= 4 is 17.6 Å². The average molecular weight is 355 g/mol. The van der Waals surface area contributed by atoms with Crippen molar-refractivity contribution in [2.45, 2.75) is 20.4 Å². The summed E-state index contributed by atoms with van der Waals surface area (Å²) in [6.45, 7) is 4.46. The molecule has 2 aromatic carbocycles. The maximum Gasteiger partial charge on any atom is 0.356 e. The topological polar surface area (TPSA) is 44.1 Å². The Kier molecular flexibility index (Phi) is 5.19. The Bertz CT molecular complexity index is 888. The number of hydrogen-bond acceptors (Lipinski definition) is 3. The first-order valence-corrected chi connectivity index (χ1v) is 8.52. The van der Waals surface area contributed by atoms with Crippen LogP contribution in [0.15, 0.2) is 54.6 Å². The first kappa shape index (κ1) is 17.2. The van der Waals surface area contributed by atoms with Gasteiger partial charge in [-0.3, -0.25) is 0 Å². The normalized spacial score (nSPS) is 10.7. The van der Waals surface area contributed by atoms with Crippen LogP contribution >= 0.6 is 11.6 Å². The molecule has 0 radical (unpaired) electrons. The van der Waals surface area contributed by atoms with Gasteiger partial charge in [-0.2, -0.15) is 0 Å². The number of carbonyl (C=O) groups is 1. The van der Waals surface area contributed by atoms with Crippen molar-refractivity contribution < 1.29 is 9.53 Å². The van der Waals surface area contributed by atoms with E-state index < -0.39 is 0 Å². The van der Waals surface area contributed by atoms with Crippen LogP contribution in [0.2, 0.25) is 5.02 Å². The summed E-state index contributed by atoms with van der Waals surface area (Å²) < 4.78 is 7.13. The van der Waals surface area contributed by atoms with E-state index in [1.165, 1.54) is 0 Å². The van der Waals surface area contributed by atoms with Crippen LogP contribution < -0.4 is 0 Å². The van der Waals surface area contributed by atoms with Gasteiger partial charge in [0.05, 0.1) is 12.3 Å². The number of carbonyl (C=O) groups excluding carboxylic acids is 1. The number of nitrogens with zero attached hydrogens (tertiary/aromatic N) is 2. The quantitative estimate of drug-likeness (QED) is 0.622. The van der Waals surface area contributed by atoms with Gasteiger partial charge in [0.1, 0.15) is 5.82 Å².